The third-order valence-corrected chi connectivity index (χ3v) is 6.61. The van der Waals surface area contributed by atoms with Crippen molar-refractivity contribution >= 4 is 50.7 Å². The lowest BCUT2D eigenvalue weighted by atomic mass is 10.3. The Balaban J connectivity index is 1.45. The van der Waals surface area contributed by atoms with Gasteiger partial charge in [0.2, 0.25) is 11.7 Å². The molecule has 32 heavy (non-hydrogen) atoms. The molecular weight excluding hydrogens is 450 g/mol. The van der Waals surface area contributed by atoms with Crippen LogP contribution in [0.5, 0.6) is 5.75 Å². The van der Waals surface area contributed by atoms with Crippen molar-refractivity contribution in [3.63, 3.8) is 0 Å². The van der Waals surface area contributed by atoms with E-state index in [0.29, 0.717) is 38.3 Å². The number of furan rings is 1. The van der Waals surface area contributed by atoms with E-state index >= 15 is 0 Å². The summed E-state index contributed by atoms with van der Waals surface area (Å²) in [6.07, 6.45) is 1.56. The molecule has 0 atom stereocenters. The second-order valence-corrected chi connectivity index (χ2v) is 8.62. The van der Waals surface area contributed by atoms with Gasteiger partial charge < -0.3 is 14.5 Å². The first-order chi connectivity index (χ1) is 15.7. The van der Waals surface area contributed by atoms with Gasteiger partial charge in [0.1, 0.15) is 16.2 Å². The van der Waals surface area contributed by atoms with Crippen LogP contribution in [-0.4, -0.2) is 37.9 Å². The van der Waals surface area contributed by atoms with E-state index in [1.54, 1.807) is 42.0 Å². The van der Waals surface area contributed by atoms with Crippen molar-refractivity contribution in [1.82, 2.24) is 19.2 Å². The van der Waals surface area contributed by atoms with Gasteiger partial charge in [-0.25, -0.2) is 0 Å². The number of fused-ring (bicyclic) bond motifs is 3. The zero-order valence-corrected chi connectivity index (χ0v) is 18.5. The molecule has 5 rings (SSSR count). The minimum absolute atomic E-state index is 0.113. The van der Waals surface area contributed by atoms with Crippen LogP contribution < -0.4 is 15.6 Å². The van der Waals surface area contributed by atoms with Gasteiger partial charge in [0, 0.05) is 0 Å². The lowest BCUT2D eigenvalue weighted by Crippen LogP contribution is -2.23. The van der Waals surface area contributed by atoms with Crippen LogP contribution in [0.3, 0.4) is 0 Å². The summed E-state index contributed by atoms with van der Waals surface area (Å²) in [6, 6.07) is 12.6. The molecule has 0 saturated heterocycles. The molecule has 0 saturated carbocycles. The Kier molecular flexibility index (Phi) is 5.41. The molecule has 0 aliphatic heterocycles. The Morgan fingerprint density at radius 3 is 2.91 bits per heavy atom. The van der Waals surface area contributed by atoms with Gasteiger partial charge in [0.05, 0.1) is 36.9 Å². The number of anilines is 1. The van der Waals surface area contributed by atoms with E-state index in [1.807, 2.05) is 23.6 Å². The quantitative estimate of drug-likeness (QED) is 0.366. The first-order valence-electron chi connectivity index (χ1n) is 9.59. The number of hydrogen-bond acceptors (Lipinski definition) is 8. The van der Waals surface area contributed by atoms with Crippen LogP contribution in [0.4, 0.5) is 5.69 Å². The summed E-state index contributed by atoms with van der Waals surface area (Å²) in [5.41, 5.74) is 1.15. The van der Waals surface area contributed by atoms with Crippen LogP contribution in [0.2, 0.25) is 0 Å². The fraction of sp³-hybridized carbons (Fsp3) is 0.143. The van der Waals surface area contributed by atoms with Gasteiger partial charge in [-0.3, -0.25) is 18.6 Å². The van der Waals surface area contributed by atoms with Gasteiger partial charge in [-0.1, -0.05) is 23.9 Å². The summed E-state index contributed by atoms with van der Waals surface area (Å²) < 4.78 is 14.6. The Bertz CT molecular complexity index is 1470. The molecule has 4 aromatic heterocycles. The number of thioether (sulfide) groups is 1. The first kappa shape index (κ1) is 20.3. The maximum absolute atomic E-state index is 13.0. The molecule has 1 aromatic carbocycles. The molecule has 1 N–H and O–H groups in total. The van der Waals surface area contributed by atoms with Crippen molar-refractivity contribution in [2.75, 3.05) is 18.2 Å². The summed E-state index contributed by atoms with van der Waals surface area (Å²) in [4.78, 5) is 25.6. The number of thiophene rings is 1. The lowest BCUT2D eigenvalue weighted by molar-refractivity contribution is -0.113. The first-order valence-corrected chi connectivity index (χ1v) is 11.5. The third kappa shape index (κ3) is 3.65. The van der Waals surface area contributed by atoms with E-state index in [9.17, 15) is 9.59 Å². The second-order valence-electron chi connectivity index (χ2n) is 6.76. The molecule has 1 amide bonds. The normalized spacial score (nSPS) is 11.3. The van der Waals surface area contributed by atoms with Crippen molar-refractivity contribution in [2.45, 2.75) is 11.7 Å². The summed E-state index contributed by atoms with van der Waals surface area (Å²) in [7, 11) is 1.55. The van der Waals surface area contributed by atoms with Crippen molar-refractivity contribution in [2.24, 2.45) is 0 Å². The fourth-order valence-corrected chi connectivity index (χ4v) is 4.92. The smallest absolute Gasteiger partial charge is 0.273 e. The van der Waals surface area contributed by atoms with Crippen LogP contribution in [0.1, 0.15) is 5.76 Å². The predicted octanol–water partition coefficient (Wildman–Crippen LogP) is 3.49. The predicted molar refractivity (Wildman–Crippen MR) is 123 cm³/mol. The highest BCUT2D eigenvalue weighted by molar-refractivity contribution is 7.99. The Morgan fingerprint density at radius 2 is 2.09 bits per heavy atom. The highest BCUT2D eigenvalue weighted by atomic mass is 32.2. The Morgan fingerprint density at radius 1 is 1.22 bits per heavy atom. The number of ether oxygens (including phenoxy) is 1. The monoisotopic (exact) mass is 467 g/mol. The van der Waals surface area contributed by atoms with Crippen molar-refractivity contribution in [3.05, 3.63) is 70.2 Å². The van der Waals surface area contributed by atoms with Gasteiger partial charge in [-0.15, -0.1) is 21.5 Å². The molecule has 0 spiro atoms. The summed E-state index contributed by atoms with van der Waals surface area (Å²) in [5.74, 6) is 1.52. The summed E-state index contributed by atoms with van der Waals surface area (Å²) >= 11 is 2.60. The van der Waals surface area contributed by atoms with E-state index in [4.69, 9.17) is 9.15 Å². The number of hydrogen-bond donors (Lipinski definition) is 1. The number of rotatable bonds is 7. The molecule has 0 aliphatic carbocycles. The molecule has 0 aliphatic rings. The maximum atomic E-state index is 13.0. The maximum Gasteiger partial charge on any atom is 0.273 e. The number of aromatic nitrogens is 4. The lowest BCUT2D eigenvalue weighted by Gasteiger charge is -2.10. The van der Waals surface area contributed by atoms with E-state index in [2.05, 4.69) is 15.5 Å². The third-order valence-electron chi connectivity index (χ3n) is 4.79. The number of para-hydroxylation sites is 2. The molecule has 11 heteroatoms. The number of benzene rings is 1. The van der Waals surface area contributed by atoms with Gasteiger partial charge in [-0.05, 0) is 35.7 Å². The SMILES string of the molecule is COc1ccccc1NC(=O)CSc1nnc2n(Cc3ccco3)c(=O)c3sccc3n12. The van der Waals surface area contributed by atoms with Gasteiger partial charge >= 0.3 is 0 Å². The average molecular weight is 468 g/mol. The zero-order valence-electron chi connectivity index (χ0n) is 16.8. The van der Waals surface area contributed by atoms with Crippen LogP contribution in [-0.2, 0) is 11.3 Å². The minimum atomic E-state index is -0.207. The molecule has 0 unspecified atom stereocenters. The Hall–Kier alpha value is -3.57. The highest BCUT2D eigenvalue weighted by Crippen LogP contribution is 2.26. The fourth-order valence-electron chi connectivity index (χ4n) is 3.36. The number of methoxy groups -OCH3 is 1. The van der Waals surface area contributed by atoms with Crippen LogP contribution in [0.15, 0.2) is 68.5 Å². The zero-order chi connectivity index (χ0) is 22.1. The van der Waals surface area contributed by atoms with Gasteiger partial charge in [0.25, 0.3) is 5.56 Å². The molecule has 0 bridgehead atoms. The van der Waals surface area contributed by atoms with E-state index in [1.165, 1.54) is 27.7 Å². The van der Waals surface area contributed by atoms with Crippen molar-refractivity contribution in [1.29, 1.82) is 0 Å². The molecule has 0 fully saturated rings. The molecule has 5 aromatic rings. The number of nitrogens with zero attached hydrogens (tertiary/aromatic N) is 4. The van der Waals surface area contributed by atoms with Crippen LogP contribution in [0.25, 0.3) is 16.0 Å². The van der Waals surface area contributed by atoms with E-state index in [-0.39, 0.29) is 23.8 Å². The van der Waals surface area contributed by atoms with E-state index in [0.717, 1.165) is 0 Å². The van der Waals surface area contributed by atoms with Crippen molar-refractivity contribution < 1.29 is 13.9 Å². The number of carbonyl (C=O) groups is 1. The molecule has 162 valence electrons. The van der Waals surface area contributed by atoms with Gasteiger partial charge in [0.15, 0.2) is 5.16 Å². The van der Waals surface area contributed by atoms with Crippen LogP contribution >= 0.6 is 23.1 Å². The minimum Gasteiger partial charge on any atom is -0.495 e. The average Bonchev–Trinajstić information content (AvgIpc) is 3.56. The number of carbonyl (C=O) groups excluding carboxylic acids is 1. The number of amides is 1. The largest absolute Gasteiger partial charge is 0.495 e. The molecule has 0 radical (unpaired) electrons. The van der Waals surface area contributed by atoms with Gasteiger partial charge in [-0.2, -0.15) is 0 Å². The second kappa shape index (κ2) is 8.52. The molecule has 9 nitrogen and oxygen atoms in total. The van der Waals surface area contributed by atoms with Crippen LogP contribution in [0, 0.1) is 0 Å². The van der Waals surface area contributed by atoms with Crippen molar-refractivity contribution in [3.8, 4) is 5.75 Å². The summed E-state index contributed by atoms with van der Waals surface area (Å²) in [6.45, 7) is 0.236. The van der Waals surface area contributed by atoms with E-state index < -0.39 is 0 Å². The number of nitrogens with one attached hydrogen (secondary N) is 1. The molecular formula is C21H17N5O4S2. The highest BCUT2D eigenvalue weighted by Gasteiger charge is 2.19. The Labute approximate surface area is 189 Å². The molecule has 4 heterocycles. The topological polar surface area (TPSA) is 104 Å². The summed E-state index contributed by atoms with van der Waals surface area (Å²) in [5, 5.41) is 13.7. The standard InChI is InChI=1S/C21H17N5O4S2/c1-29-16-7-3-2-6-14(16)22-17(27)12-32-21-24-23-20-25(11-13-5-4-9-30-13)19(28)18-15(26(20)21)8-10-31-18/h2-10H,11-12H2,1H3,(H,22,27).